The van der Waals surface area contributed by atoms with Crippen molar-refractivity contribution >= 4 is 32.2 Å². The summed E-state index contributed by atoms with van der Waals surface area (Å²) in [6.07, 6.45) is 3.06. The van der Waals surface area contributed by atoms with Crippen LogP contribution in [0.4, 0.5) is 0 Å². The number of rotatable bonds is 9. The van der Waals surface area contributed by atoms with Gasteiger partial charge in [-0.3, -0.25) is 0 Å². The Labute approximate surface area is 242 Å². The van der Waals surface area contributed by atoms with Gasteiger partial charge in [-0.2, -0.15) is 8.61 Å². The number of methoxy groups -OCH3 is 1. The second-order valence-electron chi connectivity index (χ2n) is 10.1. The smallest absolute Gasteiger partial charge is 0.247 e. The van der Waals surface area contributed by atoms with E-state index in [0.717, 1.165) is 5.56 Å². The summed E-state index contributed by atoms with van der Waals surface area (Å²) in [7, 11) is -5.12. The van der Waals surface area contributed by atoms with Gasteiger partial charge in [-0.05, 0) is 42.3 Å². The zero-order valence-electron chi connectivity index (χ0n) is 23.5. The van der Waals surface area contributed by atoms with Gasteiger partial charge in [0.2, 0.25) is 20.0 Å². The highest BCUT2D eigenvalue weighted by Gasteiger charge is 2.39. The van der Waals surface area contributed by atoms with E-state index < -0.39 is 38.1 Å². The van der Waals surface area contributed by atoms with Crippen LogP contribution in [0, 0.1) is 5.92 Å². The molecule has 1 heterocycles. The normalized spacial score (nSPS) is 20.1. The van der Waals surface area contributed by atoms with Gasteiger partial charge in [0.1, 0.15) is 27.4 Å². The van der Waals surface area contributed by atoms with Gasteiger partial charge in [-0.15, -0.1) is 0 Å². The Kier molecular flexibility index (Phi) is 9.55. The Bertz CT molecular complexity index is 1590. The van der Waals surface area contributed by atoms with E-state index in [1.165, 1.54) is 34.9 Å². The van der Waals surface area contributed by atoms with E-state index in [-0.39, 0.29) is 41.0 Å². The molecule has 3 aromatic rings. The van der Waals surface area contributed by atoms with Crippen molar-refractivity contribution in [3.05, 3.63) is 83.9 Å². The first kappa shape index (κ1) is 30.7. The van der Waals surface area contributed by atoms with Gasteiger partial charge in [0.05, 0.1) is 20.3 Å². The highest BCUT2D eigenvalue weighted by molar-refractivity contribution is 7.89. The number of aliphatic hydroxyl groups excluding tert-OH is 1. The molecule has 0 saturated carbocycles. The van der Waals surface area contributed by atoms with Gasteiger partial charge >= 0.3 is 0 Å². The lowest BCUT2D eigenvalue weighted by molar-refractivity contribution is 0.0904. The first-order chi connectivity index (χ1) is 19.5. The highest BCUT2D eigenvalue weighted by Crippen LogP contribution is 2.35. The summed E-state index contributed by atoms with van der Waals surface area (Å²) in [5.41, 5.74) is 1.69. The maximum atomic E-state index is 13.8. The third-order valence-electron chi connectivity index (χ3n) is 7.15. The number of fused-ring (bicyclic) bond motifs is 1. The van der Waals surface area contributed by atoms with Gasteiger partial charge in [-0.25, -0.2) is 16.8 Å². The van der Waals surface area contributed by atoms with Crippen LogP contribution in [-0.2, 0) is 20.0 Å². The van der Waals surface area contributed by atoms with E-state index in [0.29, 0.717) is 5.56 Å². The molecule has 0 aromatic heterocycles. The van der Waals surface area contributed by atoms with Crippen molar-refractivity contribution in [1.82, 2.24) is 8.61 Å². The summed E-state index contributed by atoms with van der Waals surface area (Å²) >= 11 is 0. The maximum Gasteiger partial charge on any atom is 0.247 e. The number of likely N-dealkylation sites (N-methyl/N-ethyl adjacent to an activating group) is 1. The molecule has 11 heteroatoms. The highest BCUT2D eigenvalue weighted by atomic mass is 32.2. The van der Waals surface area contributed by atoms with E-state index in [1.807, 2.05) is 49.4 Å². The fourth-order valence-corrected chi connectivity index (χ4v) is 7.83. The Hall–Kier alpha value is -3.22. The van der Waals surface area contributed by atoms with E-state index in [4.69, 9.17) is 9.47 Å². The van der Waals surface area contributed by atoms with Crippen LogP contribution in [-0.4, -0.2) is 76.6 Å². The van der Waals surface area contributed by atoms with Crippen molar-refractivity contribution in [3.8, 4) is 11.5 Å². The van der Waals surface area contributed by atoms with Gasteiger partial charge in [-0.1, -0.05) is 67.6 Å². The second kappa shape index (κ2) is 12.7. The molecule has 0 unspecified atom stereocenters. The molecule has 1 N–H and O–H groups in total. The Morgan fingerprint density at radius 2 is 1.73 bits per heavy atom. The second-order valence-corrected chi connectivity index (χ2v) is 14.0. The number of hydrogen-bond donors (Lipinski definition) is 1. The third kappa shape index (κ3) is 6.65. The standard InChI is InChI=1S/C30H36N2O7S2/c1-22-19-32(23(2)21-33)41(36,37)30-17-16-25(15-14-24-10-6-5-7-11-24)18-27(30)39-28(22)20-31(3)40(34,35)29-13-9-8-12-26(29)38-4/h5-18,22-23,28,33H,19-21H2,1-4H3/b15-14+/t22-,23+,28-/m1/s1. The average molecular weight is 601 g/mol. The predicted octanol–water partition coefficient (Wildman–Crippen LogP) is 3.95. The van der Waals surface area contributed by atoms with E-state index >= 15 is 0 Å². The summed E-state index contributed by atoms with van der Waals surface area (Å²) in [5, 5.41) is 9.89. The summed E-state index contributed by atoms with van der Waals surface area (Å²) in [6, 6.07) is 20.2. The molecule has 220 valence electrons. The molecule has 1 aliphatic heterocycles. The molecule has 0 radical (unpaired) electrons. The van der Waals surface area contributed by atoms with Crippen LogP contribution in [0.3, 0.4) is 0 Å². The molecule has 1 aliphatic rings. The van der Waals surface area contributed by atoms with Crippen molar-refractivity contribution in [1.29, 1.82) is 0 Å². The lowest BCUT2D eigenvalue weighted by Crippen LogP contribution is -2.50. The number of aliphatic hydroxyl groups is 1. The number of para-hydroxylation sites is 1. The molecule has 0 saturated heterocycles. The van der Waals surface area contributed by atoms with Crippen LogP contribution in [0.15, 0.2) is 82.6 Å². The molecule has 9 nitrogen and oxygen atoms in total. The quantitative estimate of drug-likeness (QED) is 0.370. The van der Waals surface area contributed by atoms with Crippen LogP contribution in [0.1, 0.15) is 25.0 Å². The van der Waals surface area contributed by atoms with Crippen molar-refractivity contribution in [2.75, 3.05) is 33.9 Å². The van der Waals surface area contributed by atoms with Crippen molar-refractivity contribution in [2.45, 2.75) is 35.8 Å². The fraction of sp³-hybridized carbons (Fsp3) is 0.333. The van der Waals surface area contributed by atoms with Crippen LogP contribution in [0.25, 0.3) is 12.2 Å². The number of ether oxygens (including phenoxy) is 2. The summed E-state index contributed by atoms with van der Waals surface area (Å²) in [5.74, 6) is -0.0824. The van der Waals surface area contributed by atoms with E-state index in [2.05, 4.69) is 0 Å². The summed E-state index contributed by atoms with van der Waals surface area (Å²) < 4.78 is 68.7. The Balaban J connectivity index is 1.74. The first-order valence-electron chi connectivity index (χ1n) is 13.2. The Morgan fingerprint density at radius 1 is 1.07 bits per heavy atom. The first-order valence-corrected chi connectivity index (χ1v) is 16.1. The molecule has 0 amide bonds. The van der Waals surface area contributed by atoms with Gasteiger partial charge in [0.25, 0.3) is 0 Å². The molecule has 3 aromatic carbocycles. The van der Waals surface area contributed by atoms with E-state index in [1.54, 1.807) is 37.3 Å². The number of sulfonamides is 2. The zero-order valence-corrected chi connectivity index (χ0v) is 25.2. The van der Waals surface area contributed by atoms with Crippen LogP contribution >= 0.6 is 0 Å². The molecule has 4 rings (SSSR count). The van der Waals surface area contributed by atoms with Crippen molar-refractivity contribution in [3.63, 3.8) is 0 Å². The summed E-state index contributed by atoms with van der Waals surface area (Å²) in [4.78, 5) is -0.0165. The predicted molar refractivity (Wildman–Crippen MR) is 159 cm³/mol. The van der Waals surface area contributed by atoms with Gasteiger partial charge in [0.15, 0.2) is 0 Å². The lowest BCUT2D eigenvalue weighted by Gasteiger charge is -2.37. The number of benzene rings is 3. The number of nitrogens with zero attached hydrogens (tertiary/aromatic N) is 2. The topological polar surface area (TPSA) is 113 Å². The summed E-state index contributed by atoms with van der Waals surface area (Å²) in [6.45, 7) is 3.06. The third-order valence-corrected chi connectivity index (χ3v) is 11.0. The minimum Gasteiger partial charge on any atom is -0.495 e. The largest absolute Gasteiger partial charge is 0.495 e. The van der Waals surface area contributed by atoms with Crippen LogP contribution in [0.5, 0.6) is 11.5 Å². The van der Waals surface area contributed by atoms with E-state index in [9.17, 15) is 21.9 Å². The lowest BCUT2D eigenvalue weighted by atomic mass is 10.0. The van der Waals surface area contributed by atoms with Crippen LogP contribution < -0.4 is 9.47 Å². The monoisotopic (exact) mass is 600 g/mol. The molecular formula is C30H36N2O7S2. The molecule has 41 heavy (non-hydrogen) atoms. The number of hydrogen-bond acceptors (Lipinski definition) is 7. The fourth-order valence-electron chi connectivity index (χ4n) is 4.67. The minimum absolute atomic E-state index is 0.0235. The van der Waals surface area contributed by atoms with Crippen molar-refractivity contribution < 1.29 is 31.4 Å². The van der Waals surface area contributed by atoms with Crippen molar-refractivity contribution in [2.24, 2.45) is 5.92 Å². The zero-order chi connectivity index (χ0) is 29.8. The molecule has 0 fully saturated rings. The maximum absolute atomic E-state index is 13.8. The Morgan fingerprint density at radius 3 is 2.41 bits per heavy atom. The van der Waals surface area contributed by atoms with Gasteiger partial charge < -0.3 is 14.6 Å². The van der Waals surface area contributed by atoms with Crippen LogP contribution in [0.2, 0.25) is 0 Å². The molecular weight excluding hydrogens is 564 g/mol. The van der Waals surface area contributed by atoms with Gasteiger partial charge in [0, 0.05) is 25.6 Å². The minimum atomic E-state index is -4.03. The molecule has 3 atom stereocenters. The molecule has 0 aliphatic carbocycles. The average Bonchev–Trinajstić information content (AvgIpc) is 2.97. The SMILES string of the molecule is COc1ccccc1S(=O)(=O)N(C)C[C@H]1Oc2cc(/C=C/c3ccccc3)ccc2S(=O)(=O)N([C@@H](C)CO)C[C@H]1C. The molecule has 0 bridgehead atoms. The molecule has 0 spiro atoms.